The molecule has 2 atom stereocenters. The van der Waals surface area contributed by atoms with Gasteiger partial charge in [0.1, 0.15) is 39.4 Å². The summed E-state index contributed by atoms with van der Waals surface area (Å²) in [5.74, 6) is 0.783. The Kier molecular flexibility index (Phi) is 6.14. The third-order valence-electron chi connectivity index (χ3n) is 4.40. The quantitative estimate of drug-likeness (QED) is 0.558. The van der Waals surface area contributed by atoms with Crippen LogP contribution in [0, 0.1) is 0 Å². The highest BCUT2D eigenvalue weighted by Gasteiger charge is 2.33. The molecule has 0 aliphatic carbocycles. The van der Waals surface area contributed by atoms with E-state index in [4.69, 9.17) is 14.2 Å². The third kappa shape index (κ3) is 4.71. The van der Waals surface area contributed by atoms with Crippen LogP contribution in [-0.2, 0) is 16.1 Å². The predicted octanol–water partition coefficient (Wildman–Crippen LogP) is 3.65. The first-order valence-electron chi connectivity index (χ1n) is 9.12. The van der Waals surface area contributed by atoms with Crippen molar-refractivity contribution in [3.8, 4) is 11.5 Å². The van der Waals surface area contributed by atoms with E-state index in [1.54, 1.807) is 25.3 Å². The number of carbonyl (C=O) groups excluding carboxylic acids is 1. The summed E-state index contributed by atoms with van der Waals surface area (Å²) in [4.78, 5) is 16.0. The maximum absolute atomic E-state index is 12.7. The molecule has 0 radical (unpaired) electrons. The molecule has 0 saturated carbocycles. The summed E-state index contributed by atoms with van der Waals surface area (Å²) in [6.45, 7) is 5.64. The molecule has 7 nitrogen and oxygen atoms in total. The van der Waals surface area contributed by atoms with E-state index in [-0.39, 0.29) is 0 Å². The number of esters is 1. The highest BCUT2D eigenvalue weighted by molar-refractivity contribution is 7.91. The fourth-order valence-electron chi connectivity index (χ4n) is 2.77. The van der Waals surface area contributed by atoms with Gasteiger partial charge >= 0.3 is 5.97 Å². The molecule has 2 aromatic rings. The lowest BCUT2D eigenvalue weighted by molar-refractivity contribution is 0.0600. The van der Waals surface area contributed by atoms with Gasteiger partial charge in [-0.05, 0) is 45.0 Å². The number of fused-ring (bicyclic) bond motifs is 1. The Labute approximate surface area is 173 Å². The van der Waals surface area contributed by atoms with E-state index < -0.39 is 28.2 Å². The number of methoxy groups -OCH3 is 2. The number of hydrogen-bond donors (Lipinski definition) is 0. The molecule has 0 amide bonds. The largest absolute Gasteiger partial charge is 0.591 e. The van der Waals surface area contributed by atoms with Gasteiger partial charge in [-0.2, -0.15) is 0 Å². The van der Waals surface area contributed by atoms with Gasteiger partial charge in [0.2, 0.25) is 0 Å². The van der Waals surface area contributed by atoms with Crippen molar-refractivity contribution >= 4 is 23.0 Å². The van der Waals surface area contributed by atoms with E-state index in [2.05, 4.69) is 9.38 Å². The van der Waals surface area contributed by atoms with Gasteiger partial charge in [-0.25, -0.2) is 4.79 Å². The molecule has 1 aromatic heterocycles. The molecule has 8 heteroatoms. The Morgan fingerprint density at radius 1 is 1.28 bits per heavy atom. The second-order valence-electron chi connectivity index (χ2n) is 7.54. The number of pyridine rings is 1. The van der Waals surface area contributed by atoms with Crippen LogP contribution in [0.4, 0.5) is 0 Å². The second-order valence-corrected chi connectivity index (χ2v) is 9.44. The van der Waals surface area contributed by atoms with Gasteiger partial charge in [-0.1, -0.05) is 4.40 Å². The fraction of sp³-hybridized carbons (Fsp3) is 0.381. The smallest absolute Gasteiger partial charge is 0.339 e. The van der Waals surface area contributed by atoms with Crippen molar-refractivity contribution < 1.29 is 23.6 Å². The number of rotatable bonds is 4. The lowest BCUT2D eigenvalue weighted by atomic mass is 9.97. The summed E-state index contributed by atoms with van der Waals surface area (Å²) in [6, 6.07) is 8.82. The van der Waals surface area contributed by atoms with Gasteiger partial charge in [0, 0.05) is 24.2 Å². The summed E-state index contributed by atoms with van der Waals surface area (Å²) in [6.07, 6.45) is 1.43. The molecule has 2 heterocycles. The molecule has 29 heavy (non-hydrogen) atoms. The van der Waals surface area contributed by atoms with Crippen LogP contribution < -0.4 is 9.47 Å². The van der Waals surface area contributed by atoms with Gasteiger partial charge < -0.3 is 18.8 Å². The van der Waals surface area contributed by atoms with Crippen LogP contribution >= 0.6 is 0 Å². The van der Waals surface area contributed by atoms with Crippen LogP contribution in [0.5, 0.6) is 11.5 Å². The topological polar surface area (TPSA) is 93.1 Å². The first-order valence-corrected chi connectivity index (χ1v) is 10.2. The van der Waals surface area contributed by atoms with E-state index in [9.17, 15) is 9.35 Å². The maximum atomic E-state index is 12.7. The van der Waals surface area contributed by atoms with Crippen molar-refractivity contribution in [2.75, 3.05) is 14.2 Å². The molecule has 0 saturated heterocycles. The zero-order chi connectivity index (χ0) is 21.2. The first-order chi connectivity index (χ1) is 13.7. The number of aromatic nitrogens is 1. The van der Waals surface area contributed by atoms with Gasteiger partial charge in [-0.3, -0.25) is 4.98 Å². The summed E-state index contributed by atoms with van der Waals surface area (Å²) < 4.78 is 32.8. The minimum absolute atomic E-state index is 0.358. The molecule has 0 bridgehead atoms. The zero-order valence-electron chi connectivity index (χ0n) is 17.1. The average molecular weight is 416 g/mol. The van der Waals surface area contributed by atoms with Crippen LogP contribution in [0.15, 0.2) is 40.9 Å². The minimum Gasteiger partial charge on any atom is -0.591 e. The van der Waals surface area contributed by atoms with Crippen LogP contribution in [0.2, 0.25) is 0 Å². The highest BCUT2D eigenvalue weighted by atomic mass is 32.2. The average Bonchev–Trinajstić information content (AvgIpc) is 2.71. The van der Waals surface area contributed by atoms with Crippen LogP contribution in [-0.4, -0.2) is 40.2 Å². The Morgan fingerprint density at radius 2 is 2.03 bits per heavy atom. The Hall–Kier alpha value is -2.58. The second kappa shape index (κ2) is 8.42. The number of nitrogens with zero attached hydrogens (tertiary/aromatic N) is 2. The normalized spacial score (nSPS) is 18.6. The molecule has 2 unspecified atom stereocenters. The Bertz CT molecular complexity index is 922. The Morgan fingerprint density at radius 3 is 2.62 bits per heavy atom. The standard InChI is InChI=1S/C21H24N2O5S/c1-21(2,3)29(25)23-17-11-19(16-9-6-13(12-22-16)20(24)27-5)28-18-10-14(26-4)7-8-15(17)18/h6-10,12,19H,11H2,1-5H3. The lowest BCUT2D eigenvalue weighted by Gasteiger charge is -2.28. The van der Waals surface area contributed by atoms with Crippen LogP contribution in [0.25, 0.3) is 0 Å². The minimum atomic E-state index is -1.41. The van der Waals surface area contributed by atoms with E-state index in [1.165, 1.54) is 13.3 Å². The molecular formula is C21H24N2O5S. The molecule has 0 spiro atoms. The number of ether oxygens (including phenoxy) is 3. The molecule has 1 aliphatic heterocycles. The molecule has 1 aromatic carbocycles. The molecule has 0 fully saturated rings. The van der Waals surface area contributed by atoms with Crippen molar-refractivity contribution in [2.24, 2.45) is 4.40 Å². The summed E-state index contributed by atoms with van der Waals surface area (Å²) in [5.41, 5.74) is 2.47. The third-order valence-corrected chi connectivity index (χ3v) is 5.84. The Balaban J connectivity index is 1.99. The van der Waals surface area contributed by atoms with Crippen molar-refractivity contribution in [1.29, 1.82) is 0 Å². The van der Waals surface area contributed by atoms with Crippen molar-refractivity contribution in [2.45, 2.75) is 38.0 Å². The van der Waals surface area contributed by atoms with Crippen LogP contribution in [0.1, 0.15) is 54.9 Å². The van der Waals surface area contributed by atoms with E-state index >= 15 is 0 Å². The summed E-state index contributed by atoms with van der Waals surface area (Å²) >= 11 is -1.41. The van der Waals surface area contributed by atoms with Gasteiger partial charge in [0.15, 0.2) is 0 Å². The maximum Gasteiger partial charge on any atom is 0.339 e. The van der Waals surface area contributed by atoms with Crippen LogP contribution in [0.3, 0.4) is 0 Å². The number of hydrogen-bond acceptors (Lipinski definition) is 7. The SMILES string of the molecule is COC(=O)c1ccc(C2CC(=N[S+]([O-])C(C)(C)C)c3ccc(OC)cc3O2)nc1. The van der Waals surface area contributed by atoms with Crippen molar-refractivity contribution in [1.82, 2.24) is 4.98 Å². The van der Waals surface area contributed by atoms with Gasteiger partial charge in [0.05, 0.1) is 25.5 Å². The molecule has 154 valence electrons. The monoisotopic (exact) mass is 416 g/mol. The number of carbonyl (C=O) groups is 1. The van der Waals surface area contributed by atoms with Gasteiger partial charge in [-0.15, -0.1) is 0 Å². The zero-order valence-corrected chi connectivity index (χ0v) is 17.9. The van der Waals surface area contributed by atoms with Crippen molar-refractivity contribution in [3.63, 3.8) is 0 Å². The molecule has 3 rings (SSSR count). The summed E-state index contributed by atoms with van der Waals surface area (Å²) in [5, 5.41) is 0. The van der Waals surface area contributed by atoms with Gasteiger partial charge in [0.25, 0.3) is 0 Å². The molecular weight excluding hydrogens is 392 g/mol. The fourth-order valence-corrected chi connectivity index (χ4v) is 3.42. The molecule has 1 aliphatic rings. The van der Waals surface area contributed by atoms with E-state index in [0.717, 1.165) is 5.56 Å². The van der Waals surface area contributed by atoms with E-state index in [1.807, 2.05) is 32.9 Å². The van der Waals surface area contributed by atoms with Crippen molar-refractivity contribution in [3.05, 3.63) is 53.3 Å². The summed E-state index contributed by atoms with van der Waals surface area (Å²) in [7, 11) is 2.90. The first kappa shape index (κ1) is 21.1. The predicted molar refractivity (Wildman–Crippen MR) is 111 cm³/mol. The highest BCUT2D eigenvalue weighted by Crippen LogP contribution is 2.37. The van der Waals surface area contributed by atoms with E-state index in [0.29, 0.717) is 34.9 Å². The number of benzene rings is 1. The lowest BCUT2D eigenvalue weighted by Crippen LogP contribution is -2.29. The molecule has 0 N–H and O–H groups in total.